The molecule has 5 aliphatic rings. The van der Waals surface area contributed by atoms with E-state index in [1.54, 1.807) is 23.1 Å². The number of urea groups is 1. The van der Waals surface area contributed by atoms with E-state index >= 15 is 0 Å². The third kappa shape index (κ3) is 5.23. The Morgan fingerprint density at radius 2 is 1.91 bits per heavy atom. The first kappa shape index (κ1) is 28.4. The van der Waals surface area contributed by atoms with Gasteiger partial charge in [-0.25, -0.2) is 9.78 Å². The van der Waals surface area contributed by atoms with Gasteiger partial charge in [-0.3, -0.25) is 14.5 Å². The van der Waals surface area contributed by atoms with Crippen molar-refractivity contribution < 1.29 is 33.0 Å². The summed E-state index contributed by atoms with van der Waals surface area (Å²) >= 11 is 1.44. The van der Waals surface area contributed by atoms with Crippen molar-refractivity contribution in [1.82, 2.24) is 19.7 Å². The van der Waals surface area contributed by atoms with Gasteiger partial charge < -0.3 is 28.4 Å². The number of hydrogen-bond acceptors (Lipinski definition) is 9. The number of hydrogen-bond donors (Lipinski definition) is 0. The summed E-state index contributed by atoms with van der Waals surface area (Å²) in [4.78, 5) is 51.3. The molecule has 1 aliphatic carbocycles. The van der Waals surface area contributed by atoms with Gasteiger partial charge in [0.2, 0.25) is 17.7 Å². The molecule has 4 amide bonds. The molecule has 2 aromatic rings. The standard InChI is InChI=1S/C31H36N4O7S/c1-18-25-29(37)35(20-15-33(16-20)28(36)19-7-8-19)31(38)34(30(25)43-26(18)27-32-11-14-41-27)17-24(42-21-9-12-40-13-10-21)22-5-3-4-6-23(22)39-2/h3-6,11,14,19-21,24-25,30H,7-10,12-13,15-17H2,1-2H3. The van der Waals surface area contributed by atoms with Crippen LogP contribution in [0.1, 0.15) is 50.2 Å². The zero-order chi connectivity index (χ0) is 29.7. The summed E-state index contributed by atoms with van der Waals surface area (Å²) in [5.74, 6) is 0.532. The summed E-state index contributed by atoms with van der Waals surface area (Å²) in [7, 11) is 1.63. The number of thioether (sulfide) groups is 1. The highest BCUT2D eigenvalue weighted by atomic mass is 32.2. The number of carbonyl (C=O) groups is 3. The molecule has 0 radical (unpaired) electrons. The van der Waals surface area contributed by atoms with Crippen LogP contribution in [0.5, 0.6) is 5.75 Å². The van der Waals surface area contributed by atoms with Gasteiger partial charge in [-0.05, 0) is 44.2 Å². The normalized spacial score (nSPS) is 25.7. The van der Waals surface area contributed by atoms with Crippen molar-refractivity contribution >= 4 is 34.5 Å². The average Bonchev–Trinajstić information content (AvgIpc) is 3.60. The minimum absolute atomic E-state index is 0.0373. The van der Waals surface area contributed by atoms with Crippen molar-refractivity contribution in [3.05, 3.63) is 53.8 Å². The van der Waals surface area contributed by atoms with E-state index in [1.165, 1.54) is 22.9 Å². The summed E-state index contributed by atoms with van der Waals surface area (Å²) in [6.45, 7) is 4.12. The van der Waals surface area contributed by atoms with Gasteiger partial charge in [-0.1, -0.05) is 30.0 Å². The molecule has 3 saturated heterocycles. The second-order valence-electron chi connectivity index (χ2n) is 11.8. The van der Waals surface area contributed by atoms with Crippen LogP contribution in [-0.2, 0) is 19.1 Å². The number of likely N-dealkylation sites (tertiary alicyclic amines) is 1. The molecule has 11 nitrogen and oxygen atoms in total. The number of imide groups is 1. The highest BCUT2D eigenvalue weighted by Crippen LogP contribution is 2.52. The van der Waals surface area contributed by atoms with Crippen molar-refractivity contribution in [2.24, 2.45) is 11.8 Å². The van der Waals surface area contributed by atoms with E-state index in [4.69, 9.17) is 18.6 Å². The Morgan fingerprint density at radius 3 is 2.60 bits per heavy atom. The first-order chi connectivity index (χ1) is 20.9. The van der Waals surface area contributed by atoms with Crippen LogP contribution in [-0.4, -0.2) is 95.0 Å². The maximum Gasteiger partial charge on any atom is 0.328 e. The molecule has 1 aromatic carbocycles. The number of aromatic nitrogens is 1. The number of oxazole rings is 1. The maximum absolute atomic E-state index is 14.4. The molecule has 43 heavy (non-hydrogen) atoms. The average molecular weight is 609 g/mol. The first-order valence-electron chi connectivity index (χ1n) is 15.0. The van der Waals surface area contributed by atoms with E-state index in [2.05, 4.69) is 4.98 Å². The van der Waals surface area contributed by atoms with E-state index in [-0.39, 0.29) is 42.5 Å². The first-order valence-corrected chi connectivity index (χ1v) is 15.9. The van der Waals surface area contributed by atoms with Gasteiger partial charge in [0.15, 0.2) is 0 Å². The molecule has 12 heteroatoms. The molecular formula is C31H36N4O7S. The van der Waals surface area contributed by atoms with E-state index in [9.17, 15) is 14.4 Å². The molecule has 7 rings (SSSR count). The zero-order valence-electron chi connectivity index (χ0n) is 24.3. The third-order valence-corrected chi connectivity index (χ3v) is 10.6. The Bertz CT molecular complexity index is 1410. The molecule has 0 N–H and O–H groups in total. The Hall–Kier alpha value is -3.35. The van der Waals surface area contributed by atoms with Crippen LogP contribution in [0.4, 0.5) is 4.79 Å². The SMILES string of the molecule is COc1ccccc1C(CN1C(=O)N(C2CN(C(=O)C3CC3)C2)C(=O)C2C(C)=C(c3ncco3)SC21)OC1CCOCC1. The summed E-state index contributed by atoms with van der Waals surface area (Å²) in [6, 6.07) is 6.97. The van der Waals surface area contributed by atoms with Crippen molar-refractivity contribution in [2.75, 3.05) is 40.0 Å². The maximum atomic E-state index is 14.4. The molecule has 3 atom stereocenters. The molecule has 0 spiro atoms. The lowest BCUT2D eigenvalue weighted by molar-refractivity contribution is -0.149. The van der Waals surface area contributed by atoms with Gasteiger partial charge in [-0.15, -0.1) is 0 Å². The number of rotatable bonds is 9. The molecule has 3 unspecified atom stereocenters. The van der Waals surface area contributed by atoms with Gasteiger partial charge in [-0.2, -0.15) is 0 Å². The predicted molar refractivity (Wildman–Crippen MR) is 157 cm³/mol. The van der Waals surface area contributed by atoms with Gasteiger partial charge in [0.25, 0.3) is 0 Å². The lowest BCUT2D eigenvalue weighted by Crippen LogP contribution is -2.70. The monoisotopic (exact) mass is 608 g/mol. The second-order valence-corrected chi connectivity index (χ2v) is 13.0. The number of para-hydroxylation sites is 1. The number of ether oxygens (including phenoxy) is 3. The number of nitrogens with zero attached hydrogens (tertiary/aromatic N) is 4. The van der Waals surface area contributed by atoms with Crippen LogP contribution < -0.4 is 4.74 Å². The molecule has 4 aliphatic heterocycles. The Balaban J connectivity index is 1.22. The van der Waals surface area contributed by atoms with Crippen LogP contribution in [0.2, 0.25) is 0 Å². The van der Waals surface area contributed by atoms with E-state index in [1.807, 2.05) is 31.2 Å². The number of carbonyl (C=O) groups excluding carboxylic acids is 3. The Kier molecular flexibility index (Phi) is 7.68. The molecule has 0 bridgehead atoms. The fourth-order valence-corrected chi connectivity index (χ4v) is 8.02. The molecule has 4 fully saturated rings. The lowest BCUT2D eigenvalue weighted by Gasteiger charge is -2.50. The number of methoxy groups -OCH3 is 1. The topological polar surface area (TPSA) is 115 Å². The van der Waals surface area contributed by atoms with Gasteiger partial charge in [0.05, 0.1) is 48.2 Å². The second kappa shape index (κ2) is 11.6. The van der Waals surface area contributed by atoms with Gasteiger partial charge in [0, 0.05) is 37.8 Å². The molecule has 5 heterocycles. The molecular weight excluding hydrogens is 572 g/mol. The smallest absolute Gasteiger partial charge is 0.328 e. The molecule has 1 saturated carbocycles. The fraction of sp³-hybridized carbons (Fsp3) is 0.548. The fourth-order valence-electron chi connectivity index (χ4n) is 6.51. The summed E-state index contributed by atoms with van der Waals surface area (Å²) < 4.78 is 23.6. The minimum Gasteiger partial charge on any atom is -0.496 e. The lowest BCUT2D eigenvalue weighted by atomic mass is 9.92. The Morgan fingerprint density at radius 1 is 1.14 bits per heavy atom. The van der Waals surface area contributed by atoms with Crippen molar-refractivity contribution in [1.29, 1.82) is 0 Å². The van der Waals surface area contributed by atoms with Crippen molar-refractivity contribution in [3.63, 3.8) is 0 Å². The zero-order valence-corrected chi connectivity index (χ0v) is 25.2. The minimum atomic E-state index is -0.570. The highest BCUT2D eigenvalue weighted by molar-refractivity contribution is 8.09. The van der Waals surface area contributed by atoms with Crippen LogP contribution >= 0.6 is 11.8 Å². The van der Waals surface area contributed by atoms with Crippen LogP contribution in [0.3, 0.4) is 0 Å². The van der Waals surface area contributed by atoms with Crippen LogP contribution in [0.15, 0.2) is 46.7 Å². The largest absolute Gasteiger partial charge is 0.496 e. The van der Waals surface area contributed by atoms with Crippen LogP contribution in [0.25, 0.3) is 4.91 Å². The van der Waals surface area contributed by atoms with E-state index in [0.717, 1.165) is 41.7 Å². The van der Waals surface area contributed by atoms with E-state index in [0.29, 0.717) is 37.9 Å². The summed E-state index contributed by atoms with van der Waals surface area (Å²) in [6.07, 6.45) is 5.90. The number of fused-ring (bicyclic) bond motifs is 1. The Labute approximate surface area is 254 Å². The highest BCUT2D eigenvalue weighted by Gasteiger charge is 2.56. The van der Waals surface area contributed by atoms with Gasteiger partial charge in [0.1, 0.15) is 18.1 Å². The predicted octanol–water partition coefficient (Wildman–Crippen LogP) is 3.93. The van der Waals surface area contributed by atoms with E-state index < -0.39 is 17.4 Å². The van der Waals surface area contributed by atoms with Crippen molar-refractivity contribution in [2.45, 2.75) is 56.2 Å². The number of benzene rings is 1. The number of amides is 4. The quantitative estimate of drug-likeness (QED) is 0.418. The van der Waals surface area contributed by atoms with Crippen LogP contribution in [0, 0.1) is 11.8 Å². The summed E-state index contributed by atoms with van der Waals surface area (Å²) in [5.41, 5.74) is 1.67. The third-order valence-electron chi connectivity index (χ3n) is 9.08. The van der Waals surface area contributed by atoms with Gasteiger partial charge >= 0.3 is 6.03 Å². The van der Waals surface area contributed by atoms with Crippen molar-refractivity contribution in [3.8, 4) is 5.75 Å². The summed E-state index contributed by atoms with van der Waals surface area (Å²) in [5, 5.41) is -0.488. The molecule has 1 aromatic heterocycles. The molecule has 228 valence electrons.